The maximum atomic E-state index is 10.8. The van der Waals surface area contributed by atoms with Gasteiger partial charge in [0.2, 0.25) is 0 Å². The second kappa shape index (κ2) is 2.98. The summed E-state index contributed by atoms with van der Waals surface area (Å²) in [6.07, 6.45) is 2.43. The number of aromatic nitrogens is 1. The first-order chi connectivity index (χ1) is 5.24. The van der Waals surface area contributed by atoms with Gasteiger partial charge in [0, 0.05) is 6.07 Å². The van der Waals surface area contributed by atoms with E-state index in [0.717, 1.165) is 6.20 Å². The van der Waals surface area contributed by atoms with Crippen LogP contribution in [0.5, 0.6) is 0 Å². The number of carbonyl (C=O) groups is 1. The third-order valence-electron chi connectivity index (χ3n) is 1.17. The Kier molecular flexibility index (Phi) is 2.03. The number of nitrogen functional groups attached to an aromatic ring is 1. The Morgan fingerprint density at radius 3 is 3.00 bits per heavy atom. The Hall–Kier alpha value is -1.62. The molecule has 0 aliphatic carbocycles. The van der Waals surface area contributed by atoms with Crippen molar-refractivity contribution in [1.82, 2.24) is 5.43 Å². The van der Waals surface area contributed by atoms with Gasteiger partial charge in [0.25, 0.3) is 5.91 Å². The van der Waals surface area contributed by atoms with Gasteiger partial charge >= 0.3 is 0 Å². The van der Waals surface area contributed by atoms with Gasteiger partial charge in [0.05, 0.1) is 0 Å². The fraction of sp³-hybridized carbons (Fsp3) is 0. The minimum absolute atomic E-state index is 0.241. The first kappa shape index (κ1) is 7.49. The predicted octanol–water partition coefficient (Wildman–Crippen LogP) is -1.08. The van der Waals surface area contributed by atoms with Crippen LogP contribution in [0.4, 0.5) is 0 Å². The van der Waals surface area contributed by atoms with Crippen molar-refractivity contribution in [3.8, 4) is 0 Å². The summed E-state index contributed by atoms with van der Waals surface area (Å²) in [6, 6.07) is 2.97. The number of hydrogen-bond acceptors (Lipinski definition) is 3. The summed E-state index contributed by atoms with van der Waals surface area (Å²) < 4.78 is 0.532. The number of nitrogens with zero attached hydrogens (tertiary/aromatic N) is 1. The first-order valence-electron chi connectivity index (χ1n) is 2.94. The van der Waals surface area contributed by atoms with Gasteiger partial charge in [-0.15, -0.1) is 0 Å². The Balaban J connectivity index is 2.96. The highest BCUT2D eigenvalue weighted by molar-refractivity contribution is 5.93. The van der Waals surface area contributed by atoms with Crippen molar-refractivity contribution in [2.45, 2.75) is 0 Å². The zero-order chi connectivity index (χ0) is 8.27. The lowest BCUT2D eigenvalue weighted by Crippen LogP contribution is -2.33. The van der Waals surface area contributed by atoms with Gasteiger partial charge in [-0.3, -0.25) is 10.2 Å². The number of carbonyl (C=O) groups excluding carboxylic acids is 1. The molecule has 0 radical (unpaired) electrons. The third-order valence-corrected chi connectivity index (χ3v) is 1.17. The normalized spacial score (nSPS) is 9.18. The molecular formula is C6H7N3O2. The SMILES string of the molecule is NNC(=O)c1ccc[n+]([O-])c1. The lowest BCUT2D eigenvalue weighted by Gasteiger charge is -1.98. The molecule has 3 N–H and O–H groups in total. The van der Waals surface area contributed by atoms with E-state index < -0.39 is 5.91 Å². The molecule has 0 saturated carbocycles. The van der Waals surface area contributed by atoms with E-state index in [-0.39, 0.29) is 5.56 Å². The average molecular weight is 153 g/mol. The standard InChI is InChI=1S/C6H7N3O2/c7-8-6(10)5-2-1-3-9(11)4-5/h1-4H,7H2,(H,8,10). The van der Waals surface area contributed by atoms with Gasteiger partial charge in [-0.1, -0.05) is 0 Å². The van der Waals surface area contributed by atoms with E-state index >= 15 is 0 Å². The summed E-state index contributed by atoms with van der Waals surface area (Å²) in [6.45, 7) is 0. The largest absolute Gasteiger partial charge is 0.619 e. The molecule has 1 rings (SSSR count). The number of amides is 1. The molecule has 0 spiro atoms. The predicted molar refractivity (Wildman–Crippen MR) is 37.1 cm³/mol. The van der Waals surface area contributed by atoms with Crippen LogP contribution >= 0.6 is 0 Å². The summed E-state index contributed by atoms with van der Waals surface area (Å²) in [7, 11) is 0. The number of pyridine rings is 1. The highest BCUT2D eigenvalue weighted by Crippen LogP contribution is 1.91. The Morgan fingerprint density at radius 1 is 1.73 bits per heavy atom. The summed E-state index contributed by atoms with van der Waals surface area (Å²) in [5, 5.41) is 10.6. The number of nitrogens with two attached hydrogens (primary N) is 1. The Bertz CT molecular complexity index is 274. The van der Waals surface area contributed by atoms with E-state index in [1.807, 2.05) is 5.43 Å². The quantitative estimate of drug-likeness (QED) is 0.177. The van der Waals surface area contributed by atoms with E-state index in [1.54, 1.807) is 0 Å². The van der Waals surface area contributed by atoms with E-state index in [1.165, 1.54) is 18.3 Å². The molecule has 0 atom stereocenters. The van der Waals surface area contributed by atoms with Crippen molar-refractivity contribution >= 4 is 5.91 Å². The fourth-order valence-electron chi connectivity index (χ4n) is 0.672. The number of hydrazine groups is 1. The van der Waals surface area contributed by atoms with Gasteiger partial charge in [-0.2, -0.15) is 4.73 Å². The van der Waals surface area contributed by atoms with Crippen molar-refractivity contribution in [3.63, 3.8) is 0 Å². The van der Waals surface area contributed by atoms with Crippen molar-refractivity contribution < 1.29 is 9.52 Å². The summed E-state index contributed by atoms with van der Waals surface area (Å²) in [4.78, 5) is 10.8. The summed E-state index contributed by atoms with van der Waals surface area (Å²) >= 11 is 0. The van der Waals surface area contributed by atoms with E-state index in [4.69, 9.17) is 5.84 Å². The smallest absolute Gasteiger partial charge is 0.271 e. The van der Waals surface area contributed by atoms with Gasteiger partial charge < -0.3 is 5.21 Å². The van der Waals surface area contributed by atoms with Crippen LogP contribution in [-0.4, -0.2) is 5.91 Å². The van der Waals surface area contributed by atoms with Crippen molar-refractivity contribution in [2.24, 2.45) is 5.84 Å². The van der Waals surface area contributed by atoms with Gasteiger partial charge in [-0.05, 0) is 6.07 Å². The molecule has 0 fully saturated rings. The van der Waals surface area contributed by atoms with Gasteiger partial charge in [0.1, 0.15) is 5.56 Å². The fourth-order valence-corrected chi connectivity index (χ4v) is 0.672. The third kappa shape index (κ3) is 1.65. The molecule has 5 heteroatoms. The maximum Gasteiger partial charge on any atom is 0.271 e. The van der Waals surface area contributed by atoms with Crippen LogP contribution in [0.15, 0.2) is 24.5 Å². The summed E-state index contributed by atoms with van der Waals surface area (Å²) in [5.74, 6) is 4.37. The first-order valence-corrected chi connectivity index (χ1v) is 2.94. The molecule has 0 saturated heterocycles. The number of nitrogens with one attached hydrogen (secondary N) is 1. The Labute approximate surface area is 63.0 Å². The summed E-state index contributed by atoms with van der Waals surface area (Å²) in [5.41, 5.74) is 2.16. The zero-order valence-corrected chi connectivity index (χ0v) is 5.65. The molecule has 0 aromatic carbocycles. The second-order valence-electron chi connectivity index (χ2n) is 1.93. The average Bonchev–Trinajstić information content (AvgIpc) is 2.03. The van der Waals surface area contributed by atoms with E-state index in [2.05, 4.69) is 0 Å². The van der Waals surface area contributed by atoms with Crippen LogP contribution in [-0.2, 0) is 0 Å². The van der Waals surface area contributed by atoms with Crippen LogP contribution < -0.4 is 16.0 Å². The van der Waals surface area contributed by atoms with E-state index in [0.29, 0.717) is 4.73 Å². The highest BCUT2D eigenvalue weighted by atomic mass is 16.5. The van der Waals surface area contributed by atoms with Crippen LogP contribution in [0.2, 0.25) is 0 Å². The monoisotopic (exact) mass is 153 g/mol. The van der Waals surface area contributed by atoms with Crippen molar-refractivity contribution in [1.29, 1.82) is 0 Å². The van der Waals surface area contributed by atoms with Crippen molar-refractivity contribution in [2.75, 3.05) is 0 Å². The molecule has 1 aromatic rings. The second-order valence-corrected chi connectivity index (χ2v) is 1.93. The van der Waals surface area contributed by atoms with Crippen LogP contribution in [0.3, 0.4) is 0 Å². The number of hydrogen-bond donors (Lipinski definition) is 2. The zero-order valence-electron chi connectivity index (χ0n) is 5.65. The maximum absolute atomic E-state index is 10.8. The molecule has 0 unspecified atom stereocenters. The van der Waals surface area contributed by atoms with Crippen LogP contribution in [0.1, 0.15) is 10.4 Å². The molecule has 11 heavy (non-hydrogen) atoms. The molecule has 58 valence electrons. The lowest BCUT2D eigenvalue weighted by atomic mass is 10.3. The van der Waals surface area contributed by atoms with Crippen LogP contribution in [0, 0.1) is 5.21 Å². The molecular weight excluding hydrogens is 146 g/mol. The number of rotatable bonds is 1. The van der Waals surface area contributed by atoms with Crippen molar-refractivity contribution in [3.05, 3.63) is 35.3 Å². The highest BCUT2D eigenvalue weighted by Gasteiger charge is 2.04. The van der Waals surface area contributed by atoms with Gasteiger partial charge in [-0.25, -0.2) is 5.84 Å². The molecule has 1 heterocycles. The Morgan fingerprint density at radius 2 is 2.45 bits per heavy atom. The molecule has 1 amide bonds. The lowest BCUT2D eigenvalue weighted by molar-refractivity contribution is -0.605. The molecule has 0 bridgehead atoms. The van der Waals surface area contributed by atoms with E-state index in [9.17, 15) is 10.0 Å². The molecule has 0 aliphatic rings. The molecule has 5 nitrogen and oxygen atoms in total. The molecule has 1 aromatic heterocycles. The van der Waals surface area contributed by atoms with Gasteiger partial charge in [0.15, 0.2) is 12.4 Å². The molecule has 0 aliphatic heterocycles. The van der Waals surface area contributed by atoms with Crippen LogP contribution in [0.25, 0.3) is 0 Å². The minimum atomic E-state index is -0.477. The minimum Gasteiger partial charge on any atom is -0.619 e. The topological polar surface area (TPSA) is 82.1 Å².